The van der Waals surface area contributed by atoms with Crippen LogP contribution in [0.5, 0.6) is 0 Å². The molecule has 10 heteroatoms. The van der Waals surface area contributed by atoms with Gasteiger partial charge in [-0.2, -0.15) is 0 Å². The molecule has 0 spiro atoms. The van der Waals surface area contributed by atoms with Gasteiger partial charge in [0.05, 0.1) is 11.9 Å². The molecule has 0 saturated carbocycles. The number of nitrogens with one attached hydrogen (secondary N) is 2. The van der Waals surface area contributed by atoms with Crippen molar-refractivity contribution in [3.05, 3.63) is 68.4 Å². The number of hydrogen-bond acceptors (Lipinski definition) is 6. The van der Waals surface area contributed by atoms with Gasteiger partial charge in [0.1, 0.15) is 10.7 Å². The first-order chi connectivity index (χ1) is 15.6. The lowest BCUT2D eigenvalue weighted by Gasteiger charge is -2.34. The van der Waals surface area contributed by atoms with Crippen LogP contribution in [0.3, 0.4) is 0 Å². The number of thiophene rings is 2. The van der Waals surface area contributed by atoms with Gasteiger partial charge in [-0.1, -0.05) is 23.7 Å². The van der Waals surface area contributed by atoms with Crippen LogP contribution in [0.1, 0.15) is 5.82 Å². The lowest BCUT2D eigenvalue weighted by atomic mass is 10.2. The first-order valence-electron chi connectivity index (χ1n) is 10.1. The number of piperazine rings is 1. The smallest absolute Gasteiger partial charge is 0.321 e. The van der Waals surface area contributed by atoms with Crippen molar-refractivity contribution in [3.8, 4) is 10.4 Å². The third kappa shape index (κ3) is 4.42. The Kier molecular flexibility index (Phi) is 5.97. The lowest BCUT2D eigenvalue weighted by Crippen LogP contribution is -2.49. The number of amides is 2. The average molecular weight is 486 g/mol. The van der Waals surface area contributed by atoms with Crippen molar-refractivity contribution in [3.63, 3.8) is 0 Å². The summed E-state index contributed by atoms with van der Waals surface area (Å²) in [4.78, 5) is 38.8. The third-order valence-corrected chi connectivity index (χ3v) is 7.40. The second-order valence-electron chi connectivity index (χ2n) is 7.52. The van der Waals surface area contributed by atoms with E-state index in [9.17, 15) is 9.59 Å². The molecule has 1 saturated heterocycles. The molecule has 1 aliphatic rings. The van der Waals surface area contributed by atoms with Gasteiger partial charge in [0, 0.05) is 52.7 Å². The Morgan fingerprint density at radius 1 is 1.16 bits per heavy atom. The Hall–Kier alpha value is -2.72. The Bertz CT molecular complexity index is 1310. The SMILES string of the molecule is O=C(Nc1cccc(Cl)c1)N1CCN(Cc2nc3scc(-c4cccs4)c3c(=O)[nH]2)CC1. The fraction of sp³-hybridized carbons (Fsp3) is 0.227. The summed E-state index contributed by atoms with van der Waals surface area (Å²) in [5.41, 5.74) is 1.52. The van der Waals surface area contributed by atoms with E-state index in [0.717, 1.165) is 15.3 Å². The van der Waals surface area contributed by atoms with Crippen molar-refractivity contribution < 1.29 is 4.79 Å². The molecule has 4 heterocycles. The second-order valence-corrected chi connectivity index (χ2v) is 9.77. The van der Waals surface area contributed by atoms with Crippen molar-refractivity contribution in [1.82, 2.24) is 19.8 Å². The van der Waals surface area contributed by atoms with E-state index in [1.807, 2.05) is 29.0 Å². The molecular formula is C22H20ClN5O2S2. The summed E-state index contributed by atoms with van der Waals surface area (Å²) in [6.45, 7) is 3.15. The molecule has 5 rings (SSSR count). The Morgan fingerprint density at radius 2 is 2.00 bits per heavy atom. The Balaban J connectivity index is 1.22. The van der Waals surface area contributed by atoms with Crippen LogP contribution in [0.4, 0.5) is 10.5 Å². The maximum absolute atomic E-state index is 12.8. The van der Waals surface area contributed by atoms with Crippen LogP contribution in [-0.2, 0) is 6.54 Å². The molecule has 2 N–H and O–H groups in total. The van der Waals surface area contributed by atoms with Crippen LogP contribution < -0.4 is 10.9 Å². The van der Waals surface area contributed by atoms with Gasteiger partial charge in [-0.25, -0.2) is 9.78 Å². The van der Waals surface area contributed by atoms with Gasteiger partial charge >= 0.3 is 6.03 Å². The summed E-state index contributed by atoms with van der Waals surface area (Å²) in [7, 11) is 0. The molecule has 3 aromatic heterocycles. The van der Waals surface area contributed by atoms with E-state index in [4.69, 9.17) is 16.6 Å². The molecule has 0 bridgehead atoms. The number of rotatable bonds is 4. The number of aromatic nitrogens is 2. The van der Waals surface area contributed by atoms with Gasteiger partial charge in [-0.05, 0) is 29.6 Å². The van der Waals surface area contributed by atoms with Crippen LogP contribution in [0.25, 0.3) is 20.7 Å². The van der Waals surface area contributed by atoms with Gasteiger partial charge in [0.15, 0.2) is 0 Å². The molecule has 2 amide bonds. The molecule has 1 aromatic carbocycles. The monoisotopic (exact) mass is 485 g/mol. The Morgan fingerprint density at radius 3 is 2.75 bits per heavy atom. The Labute approximate surface area is 197 Å². The van der Waals surface area contributed by atoms with Crippen molar-refractivity contribution in [1.29, 1.82) is 0 Å². The molecule has 0 aliphatic carbocycles. The first kappa shape index (κ1) is 21.1. The number of aromatic amines is 1. The molecule has 0 radical (unpaired) electrons. The maximum Gasteiger partial charge on any atom is 0.321 e. The highest BCUT2D eigenvalue weighted by molar-refractivity contribution is 7.18. The summed E-state index contributed by atoms with van der Waals surface area (Å²) >= 11 is 9.09. The predicted octanol–water partition coefficient (Wildman–Crippen LogP) is 4.72. The van der Waals surface area contributed by atoms with E-state index in [1.54, 1.807) is 34.4 Å². The van der Waals surface area contributed by atoms with Crippen molar-refractivity contribution in [2.45, 2.75) is 6.54 Å². The molecular weight excluding hydrogens is 466 g/mol. The highest BCUT2D eigenvalue weighted by atomic mass is 35.5. The number of urea groups is 1. The van der Waals surface area contributed by atoms with Crippen LogP contribution in [0.2, 0.25) is 5.02 Å². The number of carbonyl (C=O) groups is 1. The summed E-state index contributed by atoms with van der Waals surface area (Å²) in [6.07, 6.45) is 0. The minimum Gasteiger partial charge on any atom is -0.322 e. The van der Waals surface area contributed by atoms with Crippen LogP contribution in [0.15, 0.2) is 52.0 Å². The van der Waals surface area contributed by atoms with Gasteiger partial charge in [-0.3, -0.25) is 9.69 Å². The van der Waals surface area contributed by atoms with Crippen molar-refractivity contribution in [2.24, 2.45) is 0 Å². The summed E-state index contributed by atoms with van der Waals surface area (Å²) in [5.74, 6) is 0.652. The number of halogens is 1. The van der Waals surface area contributed by atoms with Crippen molar-refractivity contribution >= 4 is 56.2 Å². The van der Waals surface area contributed by atoms with Crippen LogP contribution in [-0.4, -0.2) is 52.0 Å². The van der Waals surface area contributed by atoms with Gasteiger partial charge in [0.25, 0.3) is 5.56 Å². The molecule has 1 fully saturated rings. The zero-order chi connectivity index (χ0) is 22.1. The normalized spacial score (nSPS) is 14.7. The molecule has 0 unspecified atom stereocenters. The predicted molar refractivity (Wildman–Crippen MR) is 131 cm³/mol. The van der Waals surface area contributed by atoms with E-state index in [0.29, 0.717) is 54.6 Å². The molecule has 1 aliphatic heterocycles. The molecule has 4 aromatic rings. The molecule has 32 heavy (non-hydrogen) atoms. The van der Waals surface area contributed by atoms with Crippen LogP contribution in [0, 0.1) is 0 Å². The number of nitrogens with zero attached hydrogens (tertiary/aromatic N) is 3. The van der Waals surface area contributed by atoms with Gasteiger partial charge in [0.2, 0.25) is 0 Å². The standard InChI is InChI=1S/C22H20ClN5O2S2/c23-14-3-1-4-15(11-14)24-22(30)28-8-6-27(7-9-28)12-18-25-20(29)19-16(13-32-21(19)26-18)17-5-2-10-31-17/h1-5,10-11,13H,6-9,12H2,(H,24,30)(H,25,26,29). The zero-order valence-corrected chi connectivity index (χ0v) is 19.4. The van der Waals surface area contributed by atoms with E-state index < -0.39 is 0 Å². The fourth-order valence-corrected chi connectivity index (χ4v) is 5.74. The lowest BCUT2D eigenvalue weighted by molar-refractivity contribution is 0.141. The molecule has 164 valence electrons. The summed E-state index contributed by atoms with van der Waals surface area (Å²) in [5, 5.41) is 8.13. The van der Waals surface area contributed by atoms with E-state index >= 15 is 0 Å². The zero-order valence-electron chi connectivity index (χ0n) is 17.0. The van der Waals surface area contributed by atoms with E-state index in [-0.39, 0.29) is 11.6 Å². The average Bonchev–Trinajstić information content (AvgIpc) is 3.44. The minimum atomic E-state index is -0.139. The summed E-state index contributed by atoms with van der Waals surface area (Å²) in [6, 6.07) is 11.0. The number of benzene rings is 1. The fourth-order valence-electron chi connectivity index (χ4n) is 3.77. The largest absolute Gasteiger partial charge is 0.322 e. The summed E-state index contributed by atoms with van der Waals surface area (Å²) < 4.78 is 0. The number of hydrogen-bond donors (Lipinski definition) is 2. The number of anilines is 1. The minimum absolute atomic E-state index is 0.103. The highest BCUT2D eigenvalue weighted by Crippen LogP contribution is 2.33. The number of carbonyl (C=O) groups excluding carboxylic acids is 1. The molecule has 7 nitrogen and oxygen atoms in total. The quantitative estimate of drug-likeness (QED) is 0.438. The highest BCUT2D eigenvalue weighted by Gasteiger charge is 2.22. The topological polar surface area (TPSA) is 81.3 Å². The van der Waals surface area contributed by atoms with E-state index in [1.165, 1.54) is 11.3 Å². The van der Waals surface area contributed by atoms with Gasteiger partial charge < -0.3 is 15.2 Å². The first-order valence-corrected chi connectivity index (χ1v) is 12.3. The maximum atomic E-state index is 12.8. The van der Waals surface area contributed by atoms with Crippen molar-refractivity contribution in [2.75, 3.05) is 31.5 Å². The molecule has 0 atom stereocenters. The van der Waals surface area contributed by atoms with Crippen LogP contribution >= 0.6 is 34.3 Å². The second kappa shape index (κ2) is 9.03. The van der Waals surface area contributed by atoms with E-state index in [2.05, 4.69) is 15.2 Å². The third-order valence-electron chi connectivity index (χ3n) is 5.39. The number of fused-ring (bicyclic) bond motifs is 1. The van der Waals surface area contributed by atoms with Gasteiger partial charge in [-0.15, -0.1) is 22.7 Å². The number of H-pyrrole nitrogens is 1.